The van der Waals surface area contributed by atoms with Gasteiger partial charge in [-0.25, -0.2) is 18.4 Å². The van der Waals surface area contributed by atoms with Crippen molar-refractivity contribution in [3.8, 4) is 5.75 Å². The van der Waals surface area contributed by atoms with E-state index in [4.69, 9.17) is 4.74 Å². The Labute approximate surface area is 129 Å². The van der Waals surface area contributed by atoms with E-state index < -0.39 is 10.0 Å². The molecule has 0 fully saturated rings. The predicted molar refractivity (Wildman–Crippen MR) is 82.8 cm³/mol. The van der Waals surface area contributed by atoms with Gasteiger partial charge in [0.2, 0.25) is 5.95 Å². The van der Waals surface area contributed by atoms with Crippen molar-refractivity contribution in [3.63, 3.8) is 0 Å². The third kappa shape index (κ3) is 2.82. The third-order valence-electron chi connectivity index (χ3n) is 3.26. The molecule has 1 aromatic carbocycles. The lowest BCUT2D eigenvalue weighted by Gasteiger charge is -2.11. The van der Waals surface area contributed by atoms with Gasteiger partial charge in [0, 0.05) is 20.5 Å². The van der Waals surface area contributed by atoms with Gasteiger partial charge in [-0.2, -0.15) is 0 Å². The Hall–Kier alpha value is -2.35. The monoisotopic (exact) mass is 320 g/mol. The summed E-state index contributed by atoms with van der Waals surface area (Å²) in [6.07, 6.45) is 3.60. The van der Waals surface area contributed by atoms with E-state index in [-0.39, 0.29) is 4.90 Å². The zero-order chi connectivity index (χ0) is 15.7. The van der Waals surface area contributed by atoms with Gasteiger partial charge in [0.05, 0.1) is 29.6 Å². The van der Waals surface area contributed by atoms with E-state index in [9.17, 15) is 8.42 Å². The van der Waals surface area contributed by atoms with Crippen molar-refractivity contribution in [1.29, 1.82) is 0 Å². The van der Waals surface area contributed by atoms with E-state index in [2.05, 4.69) is 14.7 Å². The van der Waals surface area contributed by atoms with Crippen molar-refractivity contribution in [1.82, 2.24) is 9.97 Å². The number of anilines is 2. The number of sulfonamides is 1. The molecule has 1 N–H and O–H groups in total. The molecule has 1 aliphatic rings. The third-order valence-corrected chi connectivity index (χ3v) is 4.64. The van der Waals surface area contributed by atoms with Crippen LogP contribution in [0.4, 0.5) is 11.6 Å². The summed E-state index contributed by atoms with van der Waals surface area (Å²) in [5, 5.41) is 0. The molecule has 7 nitrogen and oxygen atoms in total. The van der Waals surface area contributed by atoms with E-state index in [0.717, 1.165) is 17.7 Å². The fourth-order valence-electron chi connectivity index (χ4n) is 2.15. The van der Waals surface area contributed by atoms with Crippen LogP contribution in [0.1, 0.15) is 5.56 Å². The maximum absolute atomic E-state index is 12.4. The van der Waals surface area contributed by atoms with Crippen LogP contribution in [-0.2, 0) is 16.4 Å². The number of nitrogens with one attached hydrogen (secondary N) is 1. The second-order valence-corrected chi connectivity index (χ2v) is 6.82. The van der Waals surface area contributed by atoms with Crippen LogP contribution in [0.2, 0.25) is 0 Å². The van der Waals surface area contributed by atoms with Gasteiger partial charge in [-0.3, -0.25) is 4.72 Å². The van der Waals surface area contributed by atoms with Crippen molar-refractivity contribution in [2.45, 2.75) is 11.3 Å². The molecule has 0 amide bonds. The zero-order valence-corrected chi connectivity index (χ0v) is 13.1. The maximum atomic E-state index is 12.4. The summed E-state index contributed by atoms with van der Waals surface area (Å²) in [5.74, 6) is 1.26. The Kier molecular flexibility index (Phi) is 3.61. The number of ether oxygens (including phenoxy) is 1. The molecule has 0 bridgehead atoms. The molecule has 0 atom stereocenters. The number of nitrogens with zero attached hydrogens (tertiary/aromatic N) is 3. The van der Waals surface area contributed by atoms with Gasteiger partial charge in [0.1, 0.15) is 5.75 Å². The molecular weight excluding hydrogens is 304 g/mol. The maximum Gasteiger partial charge on any atom is 0.262 e. The molecule has 0 unspecified atom stereocenters. The smallest absolute Gasteiger partial charge is 0.262 e. The van der Waals surface area contributed by atoms with Crippen LogP contribution >= 0.6 is 0 Å². The van der Waals surface area contributed by atoms with Crippen LogP contribution in [0.3, 0.4) is 0 Å². The molecule has 0 radical (unpaired) electrons. The first-order valence-electron chi connectivity index (χ1n) is 6.73. The van der Waals surface area contributed by atoms with Gasteiger partial charge < -0.3 is 9.64 Å². The topological polar surface area (TPSA) is 84.4 Å². The van der Waals surface area contributed by atoms with Gasteiger partial charge in [-0.15, -0.1) is 0 Å². The largest absolute Gasteiger partial charge is 0.493 e. The van der Waals surface area contributed by atoms with Crippen molar-refractivity contribution in [2.75, 3.05) is 30.3 Å². The number of benzene rings is 1. The number of rotatable bonds is 4. The van der Waals surface area contributed by atoms with Gasteiger partial charge >= 0.3 is 0 Å². The number of aromatic nitrogens is 2. The molecule has 22 heavy (non-hydrogen) atoms. The van der Waals surface area contributed by atoms with Crippen LogP contribution in [0.5, 0.6) is 5.75 Å². The Morgan fingerprint density at radius 1 is 1.23 bits per heavy atom. The molecular formula is C14H16N4O3S. The summed E-state index contributed by atoms with van der Waals surface area (Å²) in [6.45, 7) is 0.589. The number of hydrogen-bond donors (Lipinski definition) is 1. The van der Waals surface area contributed by atoms with Crippen LogP contribution < -0.4 is 14.4 Å². The molecule has 8 heteroatoms. The van der Waals surface area contributed by atoms with Crippen LogP contribution in [0, 0.1) is 0 Å². The highest BCUT2D eigenvalue weighted by Crippen LogP contribution is 2.28. The van der Waals surface area contributed by atoms with Crippen LogP contribution in [0.15, 0.2) is 35.5 Å². The highest BCUT2D eigenvalue weighted by Gasteiger charge is 2.19. The lowest BCUT2D eigenvalue weighted by molar-refractivity contribution is 0.356. The molecule has 0 spiro atoms. The fraction of sp³-hybridized carbons (Fsp3) is 0.286. The lowest BCUT2D eigenvalue weighted by atomic mass is 10.2. The second kappa shape index (κ2) is 5.45. The van der Waals surface area contributed by atoms with E-state index in [1.807, 2.05) is 14.1 Å². The van der Waals surface area contributed by atoms with Crippen LogP contribution in [0.25, 0.3) is 0 Å². The summed E-state index contributed by atoms with van der Waals surface area (Å²) >= 11 is 0. The normalized spacial score (nSPS) is 13.4. The zero-order valence-electron chi connectivity index (χ0n) is 12.3. The molecule has 0 saturated heterocycles. The molecule has 0 saturated carbocycles. The quantitative estimate of drug-likeness (QED) is 0.913. The molecule has 2 heterocycles. The predicted octanol–water partition coefficient (Wildman–Crippen LogP) is 1.28. The Bertz CT molecular complexity index is 788. The molecule has 3 rings (SSSR count). The average molecular weight is 320 g/mol. The van der Waals surface area contributed by atoms with Crippen molar-refractivity contribution >= 4 is 21.7 Å². The van der Waals surface area contributed by atoms with Gasteiger partial charge in [-0.05, 0) is 23.8 Å². The Morgan fingerprint density at radius 3 is 2.64 bits per heavy atom. The summed E-state index contributed by atoms with van der Waals surface area (Å²) in [5.41, 5.74) is 1.23. The number of hydrogen-bond acceptors (Lipinski definition) is 6. The highest BCUT2D eigenvalue weighted by atomic mass is 32.2. The Morgan fingerprint density at radius 2 is 1.95 bits per heavy atom. The summed E-state index contributed by atoms with van der Waals surface area (Å²) in [6, 6.07) is 4.85. The SMILES string of the molecule is CN(C)c1ncc(NS(=O)(=O)c2ccc3c(c2)CCO3)cn1. The van der Waals surface area contributed by atoms with Crippen molar-refractivity contribution in [3.05, 3.63) is 36.2 Å². The van der Waals surface area contributed by atoms with Gasteiger partial charge in [-0.1, -0.05) is 0 Å². The molecule has 1 aromatic heterocycles. The minimum Gasteiger partial charge on any atom is -0.493 e. The second-order valence-electron chi connectivity index (χ2n) is 5.14. The molecule has 116 valence electrons. The summed E-state index contributed by atoms with van der Waals surface area (Å²) in [4.78, 5) is 10.1. The van der Waals surface area contributed by atoms with E-state index in [0.29, 0.717) is 18.2 Å². The standard InChI is InChI=1S/C14H16N4O3S/c1-18(2)14-15-8-11(9-16-14)17-22(19,20)12-3-4-13-10(7-12)5-6-21-13/h3-4,7-9,17H,5-6H2,1-2H3. The van der Waals surface area contributed by atoms with Gasteiger partial charge in [0.25, 0.3) is 10.0 Å². The van der Waals surface area contributed by atoms with E-state index >= 15 is 0 Å². The highest BCUT2D eigenvalue weighted by molar-refractivity contribution is 7.92. The first-order valence-corrected chi connectivity index (χ1v) is 8.22. The minimum atomic E-state index is -3.67. The van der Waals surface area contributed by atoms with Crippen LogP contribution in [-0.4, -0.2) is 39.1 Å². The van der Waals surface area contributed by atoms with Crippen molar-refractivity contribution in [2.24, 2.45) is 0 Å². The first kappa shape index (κ1) is 14.6. The molecule has 2 aromatic rings. The fourth-order valence-corrected chi connectivity index (χ4v) is 3.23. The Balaban J connectivity index is 1.84. The summed E-state index contributed by atoms with van der Waals surface area (Å²) in [7, 11) is -0.0446. The van der Waals surface area contributed by atoms with E-state index in [1.54, 1.807) is 17.0 Å². The molecule has 0 aliphatic carbocycles. The summed E-state index contributed by atoms with van der Waals surface area (Å²) < 4.78 is 32.7. The average Bonchev–Trinajstić information content (AvgIpc) is 2.94. The van der Waals surface area contributed by atoms with E-state index in [1.165, 1.54) is 18.5 Å². The van der Waals surface area contributed by atoms with Gasteiger partial charge in [0.15, 0.2) is 0 Å². The minimum absolute atomic E-state index is 0.202. The molecule has 1 aliphatic heterocycles. The lowest BCUT2D eigenvalue weighted by Crippen LogP contribution is -2.15. The van der Waals surface area contributed by atoms with Crippen molar-refractivity contribution < 1.29 is 13.2 Å². The first-order chi connectivity index (χ1) is 10.5. The number of fused-ring (bicyclic) bond motifs is 1.